The first-order valence-electron chi connectivity index (χ1n) is 4.07. The third-order valence-corrected chi connectivity index (χ3v) is 2.08. The molecule has 2 nitrogen and oxygen atoms in total. The molecule has 1 N–H and O–H groups in total. The van der Waals surface area contributed by atoms with Crippen LogP contribution in [0.5, 0.6) is 11.5 Å². The van der Waals surface area contributed by atoms with Gasteiger partial charge in [0.25, 0.3) is 0 Å². The molecule has 2 rings (SSSR count). The Hall–Kier alpha value is -1.70. The van der Waals surface area contributed by atoms with Gasteiger partial charge < -0.3 is 9.84 Å². The third-order valence-electron chi connectivity index (χ3n) is 2.08. The number of rotatable bonds is 1. The second kappa shape index (κ2) is 2.98. The molecule has 2 heteroatoms. The van der Waals surface area contributed by atoms with Crippen LogP contribution >= 0.6 is 0 Å². The highest BCUT2D eigenvalue weighted by molar-refractivity contribution is 5.92. The monoisotopic (exact) mass is 174 g/mol. The van der Waals surface area contributed by atoms with E-state index in [0.29, 0.717) is 0 Å². The van der Waals surface area contributed by atoms with E-state index in [-0.39, 0.29) is 5.75 Å². The molecule has 0 saturated heterocycles. The van der Waals surface area contributed by atoms with Gasteiger partial charge in [-0.1, -0.05) is 24.3 Å². The molecule has 0 fully saturated rings. The van der Waals surface area contributed by atoms with Crippen molar-refractivity contribution >= 4 is 10.8 Å². The average molecular weight is 174 g/mol. The molecule has 0 saturated carbocycles. The van der Waals surface area contributed by atoms with Gasteiger partial charge in [0, 0.05) is 10.8 Å². The number of hydrogen-bond donors (Lipinski definition) is 1. The molecule has 0 bridgehead atoms. The zero-order valence-electron chi connectivity index (χ0n) is 7.32. The van der Waals surface area contributed by atoms with Crippen molar-refractivity contribution < 1.29 is 9.84 Å². The number of benzene rings is 2. The molecule has 0 amide bonds. The van der Waals surface area contributed by atoms with Crippen LogP contribution in [0.15, 0.2) is 36.4 Å². The Bertz CT molecular complexity index is 435. The Morgan fingerprint density at radius 2 is 1.69 bits per heavy atom. The minimum atomic E-state index is 0.288. The maximum atomic E-state index is 9.54. The fourth-order valence-electron chi connectivity index (χ4n) is 1.43. The van der Waals surface area contributed by atoms with Gasteiger partial charge in [-0.2, -0.15) is 0 Å². The summed E-state index contributed by atoms with van der Waals surface area (Å²) in [5.41, 5.74) is 0. The number of aromatic hydroxyl groups is 1. The first kappa shape index (κ1) is 7.92. The van der Waals surface area contributed by atoms with Crippen LogP contribution in [0.4, 0.5) is 0 Å². The van der Waals surface area contributed by atoms with Crippen LogP contribution in [0.3, 0.4) is 0 Å². The lowest BCUT2D eigenvalue weighted by molar-refractivity contribution is 0.418. The fourth-order valence-corrected chi connectivity index (χ4v) is 1.43. The molecule has 0 atom stereocenters. The summed E-state index contributed by atoms with van der Waals surface area (Å²) in [6, 6.07) is 11.0. The van der Waals surface area contributed by atoms with Gasteiger partial charge in [0.2, 0.25) is 0 Å². The smallest absolute Gasteiger partial charge is 0.126 e. The highest BCUT2D eigenvalue weighted by atomic mass is 16.5. The molecule has 0 aliphatic rings. The third kappa shape index (κ3) is 1.20. The highest BCUT2D eigenvalue weighted by Crippen LogP contribution is 2.31. The molecule has 2 aromatic rings. The molecule has 0 unspecified atom stereocenters. The zero-order valence-corrected chi connectivity index (χ0v) is 7.32. The Labute approximate surface area is 76.4 Å². The molecule has 0 aliphatic carbocycles. The van der Waals surface area contributed by atoms with Gasteiger partial charge in [0.15, 0.2) is 0 Å². The molecule has 0 aromatic heterocycles. The Morgan fingerprint density at radius 3 is 2.38 bits per heavy atom. The van der Waals surface area contributed by atoms with Gasteiger partial charge in [0.1, 0.15) is 11.5 Å². The van der Waals surface area contributed by atoms with Crippen LogP contribution in [0.2, 0.25) is 0 Å². The predicted molar refractivity (Wildman–Crippen MR) is 52.2 cm³/mol. The summed E-state index contributed by atoms with van der Waals surface area (Å²) >= 11 is 0. The molecule has 2 aromatic carbocycles. The quantitative estimate of drug-likeness (QED) is 0.719. The minimum absolute atomic E-state index is 0.288. The lowest BCUT2D eigenvalue weighted by Gasteiger charge is -2.05. The van der Waals surface area contributed by atoms with Crippen molar-refractivity contribution in [3.05, 3.63) is 36.4 Å². The summed E-state index contributed by atoms with van der Waals surface area (Å²) in [6.45, 7) is 0. The average Bonchev–Trinajstić information content (AvgIpc) is 2.19. The summed E-state index contributed by atoms with van der Waals surface area (Å²) in [5.74, 6) is 1.07. The summed E-state index contributed by atoms with van der Waals surface area (Å²) in [5, 5.41) is 11.3. The molecule has 13 heavy (non-hydrogen) atoms. The zero-order chi connectivity index (χ0) is 9.26. The molecular weight excluding hydrogens is 164 g/mol. The molecule has 0 radical (unpaired) electrons. The van der Waals surface area contributed by atoms with Gasteiger partial charge in [-0.25, -0.2) is 0 Å². The van der Waals surface area contributed by atoms with Gasteiger partial charge in [-0.3, -0.25) is 0 Å². The SMILES string of the molecule is COc1ccc(O)c2ccccc12. The first-order chi connectivity index (χ1) is 6.33. The maximum Gasteiger partial charge on any atom is 0.126 e. The van der Waals surface area contributed by atoms with Crippen molar-refractivity contribution in [3.63, 3.8) is 0 Å². The lowest BCUT2D eigenvalue weighted by atomic mass is 10.1. The van der Waals surface area contributed by atoms with Crippen LogP contribution < -0.4 is 4.74 Å². The van der Waals surface area contributed by atoms with Crippen molar-refractivity contribution in [1.82, 2.24) is 0 Å². The van der Waals surface area contributed by atoms with E-state index in [4.69, 9.17) is 4.74 Å². The Kier molecular flexibility index (Phi) is 1.81. The number of fused-ring (bicyclic) bond motifs is 1. The van der Waals surface area contributed by atoms with Gasteiger partial charge in [-0.05, 0) is 12.1 Å². The summed E-state index contributed by atoms with van der Waals surface area (Å²) < 4.78 is 5.17. The number of phenols is 1. The highest BCUT2D eigenvalue weighted by Gasteiger charge is 2.03. The normalized spacial score (nSPS) is 10.2. The Morgan fingerprint density at radius 1 is 1.00 bits per heavy atom. The maximum absolute atomic E-state index is 9.54. The van der Waals surface area contributed by atoms with E-state index in [9.17, 15) is 5.11 Å². The second-order valence-electron chi connectivity index (χ2n) is 2.83. The Balaban J connectivity index is 2.84. The van der Waals surface area contributed by atoms with E-state index in [1.807, 2.05) is 24.3 Å². The first-order valence-corrected chi connectivity index (χ1v) is 4.07. The second-order valence-corrected chi connectivity index (χ2v) is 2.83. The van der Waals surface area contributed by atoms with Crippen molar-refractivity contribution in [1.29, 1.82) is 0 Å². The van der Waals surface area contributed by atoms with Crippen LogP contribution in [-0.4, -0.2) is 12.2 Å². The lowest BCUT2D eigenvalue weighted by Crippen LogP contribution is -1.84. The van der Waals surface area contributed by atoms with Crippen LogP contribution in [0, 0.1) is 0 Å². The molecule has 0 spiro atoms. The van der Waals surface area contributed by atoms with Gasteiger partial charge in [0.05, 0.1) is 7.11 Å². The summed E-state index contributed by atoms with van der Waals surface area (Å²) in [6.07, 6.45) is 0. The summed E-state index contributed by atoms with van der Waals surface area (Å²) in [7, 11) is 1.62. The van der Waals surface area contributed by atoms with Gasteiger partial charge in [-0.15, -0.1) is 0 Å². The minimum Gasteiger partial charge on any atom is -0.507 e. The largest absolute Gasteiger partial charge is 0.507 e. The topological polar surface area (TPSA) is 29.5 Å². The van der Waals surface area contributed by atoms with Crippen molar-refractivity contribution in [2.24, 2.45) is 0 Å². The van der Waals surface area contributed by atoms with Gasteiger partial charge >= 0.3 is 0 Å². The van der Waals surface area contributed by atoms with E-state index < -0.39 is 0 Å². The number of hydrogen-bond acceptors (Lipinski definition) is 2. The van der Waals surface area contributed by atoms with Crippen LogP contribution in [0.1, 0.15) is 0 Å². The predicted octanol–water partition coefficient (Wildman–Crippen LogP) is 2.55. The van der Waals surface area contributed by atoms with Crippen LogP contribution in [-0.2, 0) is 0 Å². The summed E-state index contributed by atoms with van der Waals surface area (Å²) in [4.78, 5) is 0. The fraction of sp³-hybridized carbons (Fsp3) is 0.0909. The van der Waals surface area contributed by atoms with Crippen molar-refractivity contribution in [2.75, 3.05) is 7.11 Å². The van der Waals surface area contributed by atoms with E-state index in [1.165, 1.54) is 0 Å². The molecule has 66 valence electrons. The van der Waals surface area contributed by atoms with E-state index >= 15 is 0 Å². The van der Waals surface area contributed by atoms with E-state index in [1.54, 1.807) is 19.2 Å². The number of phenolic OH excluding ortho intramolecular Hbond substituents is 1. The van der Waals surface area contributed by atoms with E-state index in [2.05, 4.69) is 0 Å². The molecular formula is C11H10O2. The van der Waals surface area contributed by atoms with E-state index in [0.717, 1.165) is 16.5 Å². The molecule has 0 heterocycles. The number of ether oxygens (including phenoxy) is 1. The molecule has 0 aliphatic heterocycles. The standard InChI is InChI=1S/C11H10O2/c1-13-11-7-6-10(12)8-4-2-3-5-9(8)11/h2-7,12H,1H3. The number of methoxy groups -OCH3 is 1. The van der Waals surface area contributed by atoms with Crippen molar-refractivity contribution in [2.45, 2.75) is 0 Å². The van der Waals surface area contributed by atoms with Crippen LogP contribution in [0.25, 0.3) is 10.8 Å². The van der Waals surface area contributed by atoms with Crippen molar-refractivity contribution in [3.8, 4) is 11.5 Å².